The van der Waals surface area contributed by atoms with Crippen molar-refractivity contribution >= 4 is 5.95 Å². The van der Waals surface area contributed by atoms with Gasteiger partial charge in [0.25, 0.3) is 0 Å². The van der Waals surface area contributed by atoms with Gasteiger partial charge in [-0.1, -0.05) is 32.0 Å². The molecule has 6 nitrogen and oxygen atoms in total. The molecule has 0 bridgehead atoms. The van der Waals surface area contributed by atoms with E-state index in [0.717, 1.165) is 30.6 Å². The van der Waals surface area contributed by atoms with Gasteiger partial charge in [-0.3, -0.25) is 5.43 Å². The van der Waals surface area contributed by atoms with Gasteiger partial charge >= 0.3 is 5.69 Å². The number of aromatic nitrogens is 3. The fourth-order valence-corrected chi connectivity index (χ4v) is 2.14. The molecule has 0 aliphatic rings. The zero-order chi connectivity index (χ0) is 15.2. The summed E-state index contributed by atoms with van der Waals surface area (Å²) in [5, 5.41) is 0. The molecule has 0 radical (unpaired) electrons. The minimum atomic E-state index is -0.329. The van der Waals surface area contributed by atoms with Crippen molar-refractivity contribution in [3.8, 4) is 5.69 Å². The topological polar surface area (TPSA) is 71.8 Å². The highest BCUT2D eigenvalue weighted by molar-refractivity contribution is 5.42. The van der Waals surface area contributed by atoms with Crippen LogP contribution >= 0.6 is 0 Å². The van der Waals surface area contributed by atoms with E-state index in [1.54, 1.807) is 11.5 Å². The summed E-state index contributed by atoms with van der Waals surface area (Å²) in [5.74, 6) is 0.910. The molecule has 0 aliphatic carbocycles. The van der Waals surface area contributed by atoms with Gasteiger partial charge in [0, 0.05) is 6.54 Å². The van der Waals surface area contributed by atoms with Gasteiger partial charge in [0.2, 0.25) is 5.95 Å². The molecule has 21 heavy (non-hydrogen) atoms. The van der Waals surface area contributed by atoms with Crippen molar-refractivity contribution in [2.24, 2.45) is 0 Å². The monoisotopic (exact) mass is 287 g/mol. The third-order valence-electron chi connectivity index (χ3n) is 3.17. The van der Waals surface area contributed by atoms with Crippen molar-refractivity contribution in [1.29, 1.82) is 0 Å². The number of hydrazine groups is 1. The Labute approximate surface area is 124 Å². The number of para-hydroxylation sites is 1. The van der Waals surface area contributed by atoms with Crippen LogP contribution in [-0.4, -0.2) is 21.1 Å². The lowest BCUT2D eigenvalue weighted by Gasteiger charge is -2.13. The van der Waals surface area contributed by atoms with E-state index in [1.807, 2.05) is 24.3 Å². The molecule has 2 aromatic rings. The number of aryl methyl sites for hydroxylation is 2. The van der Waals surface area contributed by atoms with Crippen LogP contribution in [0.5, 0.6) is 0 Å². The van der Waals surface area contributed by atoms with Crippen LogP contribution in [0, 0.1) is 6.92 Å². The second-order valence-corrected chi connectivity index (χ2v) is 4.75. The second kappa shape index (κ2) is 6.99. The molecule has 112 valence electrons. The van der Waals surface area contributed by atoms with E-state index in [9.17, 15) is 4.79 Å². The normalized spacial score (nSPS) is 10.6. The molecule has 0 aliphatic heterocycles. The smallest absolute Gasteiger partial charge is 0.289 e. The maximum absolute atomic E-state index is 12.3. The molecule has 0 unspecified atom stereocenters. The van der Waals surface area contributed by atoms with Crippen molar-refractivity contribution in [1.82, 2.24) is 20.0 Å². The molecular weight excluding hydrogens is 266 g/mol. The molecule has 0 saturated heterocycles. The SMILES string of the molecule is CCCNNc1nc(C)n(-c2ccccc2CC)c(=O)n1. The molecular formula is C15H21N5O. The summed E-state index contributed by atoms with van der Waals surface area (Å²) in [6, 6.07) is 7.80. The van der Waals surface area contributed by atoms with Crippen LogP contribution in [-0.2, 0) is 6.42 Å². The molecule has 1 aromatic carbocycles. The minimum Gasteiger partial charge on any atom is -0.289 e. The van der Waals surface area contributed by atoms with Crippen molar-refractivity contribution < 1.29 is 0 Å². The first kappa shape index (κ1) is 15.2. The summed E-state index contributed by atoms with van der Waals surface area (Å²) in [6.45, 7) is 6.70. The van der Waals surface area contributed by atoms with Crippen LogP contribution in [0.25, 0.3) is 5.69 Å². The van der Waals surface area contributed by atoms with Crippen LogP contribution in [0.2, 0.25) is 0 Å². The van der Waals surface area contributed by atoms with Crippen LogP contribution in [0.4, 0.5) is 5.95 Å². The number of rotatable bonds is 6. The largest absolute Gasteiger partial charge is 0.356 e. The summed E-state index contributed by atoms with van der Waals surface area (Å²) < 4.78 is 1.55. The molecule has 0 amide bonds. The summed E-state index contributed by atoms with van der Waals surface area (Å²) in [4.78, 5) is 20.6. The fourth-order valence-electron chi connectivity index (χ4n) is 2.14. The molecule has 6 heteroatoms. The first-order valence-electron chi connectivity index (χ1n) is 7.22. The van der Waals surface area contributed by atoms with Crippen molar-refractivity contribution in [2.45, 2.75) is 33.6 Å². The zero-order valence-electron chi connectivity index (χ0n) is 12.7. The molecule has 0 fully saturated rings. The van der Waals surface area contributed by atoms with Crippen LogP contribution in [0.15, 0.2) is 29.1 Å². The second-order valence-electron chi connectivity index (χ2n) is 4.75. The quantitative estimate of drug-likeness (QED) is 0.626. The molecule has 2 N–H and O–H groups in total. The van der Waals surface area contributed by atoms with E-state index < -0.39 is 0 Å². The highest BCUT2D eigenvalue weighted by Gasteiger charge is 2.11. The first-order valence-corrected chi connectivity index (χ1v) is 7.22. The predicted molar refractivity (Wildman–Crippen MR) is 83.7 cm³/mol. The van der Waals surface area contributed by atoms with Gasteiger partial charge in [0.15, 0.2) is 0 Å². The average molecular weight is 287 g/mol. The van der Waals surface area contributed by atoms with E-state index in [0.29, 0.717) is 11.8 Å². The van der Waals surface area contributed by atoms with E-state index in [1.165, 1.54) is 0 Å². The van der Waals surface area contributed by atoms with Gasteiger partial charge in [-0.05, 0) is 31.4 Å². The van der Waals surface area contributed by atoms with Crippen molar-refractivity contribution in [2.75, 3.05) is 12.0 Å². The predicted octanol–water partition coefficient (Wildman–Crippen LogP) is 1.82. The van der Waals surface area contributed by atoms with Crippen LogP contribution in [0.3, 0.4) is 0 Å². The van der Waals surface area contributed by atoms with Gasteiger partial charge in [-0.25, -0.2) is 14.8 Å². The van der Waals surface area contributed by atoms with E-state index in [2.05, 4.69) is 34.7 Å². The molecule has 1 heterocycles. The number of nitrogens with one attached hydrogen (secondary N) is 2. The first-order chi connectivity index (χ1) is 10.2. The number of hydrogen-bond donors (Lipinski definition) is 2. The fraction of sp³-hybridized carbons (Fsp3) is 0.400. The Morgan fingerprint density at radius 2 is 1.95 bits per heavy atom. The third kappa shape index (κ3) is 3.46. The summed E-state index contributed by atoms with van der Waals surface area (Å²) in [7, 11) is 0. The minimum absolute atomic E-state index is 0.302. The summed E-state index contributed by atoms with van der Waals surface area (Å²) >= 11 is 0. The third-order valence-corrected chi connectivity index (χ3v) is 3.17. The zero-order valence-corrected chi connectivity index (χ0v) is 12.7. The van der Waals surface area contributed by atoms with Gasteiger partial charge in [-0.2, -0.15) is 9.97 Å². The van der Waals surface area contributed by atoms with Gasteiger partial charge in [0.1, 0.15) is 5.82 Å². The molecule has 0 atom stereocenters. The van der Waals surface area contributed by atoms with Crippen LogP contribution < -0.4 is 16.5 Å². The average Bonchev–Trinajstić information content (AvgIpc) is 2.47. The Kier molecular flexibility index (Phi) is 5.05. The van der Waals surface area contributed by atoms with Crippen molar-refractivity contribution in [3.05, 3.63) is 46.1 Å². The Morgan fingerprint density at radius 3 is 2.62 bits per heavy atom. The highest BCUT2D eigenvalue weighted by atomic mass is 16.1. The Hall–Kier alpha value is -2.21. The molecule has 1 aromatic heterocycles. The standard InChI is InChI=1S/C15H21N5O/c1-4-10-16-19-14-17-11(3)20(15(21)18-14)13-9-7-6-8-12(13)5-2/h6-9,16H,4-5,10H2,1-3H3,(H,18,19,21). The lowest BCUT2D eigenvalue weighted by Crippen LogP contribution is -2.30. The van der Waals surface area contributed by atoms with Gasteiger partial charge in [-0.15, -0.1) is 0 Å². The highest BCUT2D eigenvalue weighted by Crippen LogP contribution is 2.14. The molecule has 2 rings (SSSR count). The Morgan fingerprint density at radius 1 is 1.19 bits per heavy atom. The maximum Gasteiger partial charge on any atom is 0.356 e. The lowest BCUT2D eigenvalue weighted by atomic mass is 10.1. The van der Waals surface area contributed by atoms with Crippen LogP contribution in [0.1, 0.15) is 31.7 Å². The van der Waals surface area contributed by atoms with E-state index in [4.69, 9.17) is 0 Å². The number of hydrogen-bond acceptors (Lipinski definition) is 5. The number of benzene rings is 1. The van der Waals surface area contributed by atoms with Crippen molar-refractivity contribution in [3.63, 3.8) is 0 Å². The summed E-state index contributed by atoms with van der Waals surface area (Å²) in [5.41, 5.74) is 7.42. The maximum atomic E-state index is 12.3. The van der Waals surface area contributed by atoms with Gasteiger partial charge < -0.3 is 0 Å². The van der Waals surface area contributed by atoms with Gasteiger partial charge in [0.05, 0.1) is 5.69 Å². The summed E-state index contributed by atoms with van der Waals surface area (Å²) in [6.07, 6.45) is 1.83. The Bertz CT molecular complexity index is 665. The molecule has 0 spiro atoms. The number of anilines is 1. The molecule has 0 saturated carbocycles. The number of nitrogens with zero attached hydrogens (tertiary/aromatic N) is 3. The Balaban J connectivity index is 2.39. The lowest BCUT2D eigenvalue weighted by molar-refractivity contribution is 0.731. The van der Waals surface area contributed by atoms with E-state index >= 15 is 0 Å². The van der Waals surface area contributed by atoms with E-state index in [-0.39, 0.29) is 5.69 Å².